The molecule has 0 spiro atoms. The summed E-state index contributed by atoms with van der Waals surface area (Å²) in [5.41, 5.74) is 0.602. The lowest BCUT2D eigenvalue weighted by atomic mass is 10.1. The monoisotopic (exact) mass is 264 g/mol. The molecular formula is C13H16N2O4. The number of carbonyl (C=O) groups is 2. The Hall–Kier alpha value is -1.85. The Balaban J connectivity index is 1.75. The van der Waals surface area contributed by atoms with Crippen LogP contribution in [0.15, 0.2) is 4.42 Å². The van der Waals surface area contributed by atoms with Crippen LogP contribution in [-0.2, 0) is 4.79 Å². The standard InChI is InChI=1S/C13H16N2O4/c1-7-10(19-11(14-7)8-2-3-8)12(16)15-5-4-9(6-15)13(17)18/h8-9H,2-6H2,1H3,(H,17,18). The minimum Gasteiger partial charge on any atom is -0.481 e. The van der Waals surface area contributed by atoms with Crippen LogP contribution in [0.4, 0.5) is 0 Å². The van der Waals surface area contributed by atoms with Crippen LogP contribution in [0.3, 0.4) is 0 Å². The van der Waals surface area contributed by atoms with Gasteiger partial charge in [0.2, 0.25) is 5.76 Å². The van der Waals surface area contributed by atoms with Crippen LogP contribution in [0.5, 0.6) is 0 Å². The molecule has 1 aliphatic heterocycles. The molecule has 1 aliphatic carbocycles. The second kappa shape index (κ2) is 4.36. The zero-order valence-corrected chi connectivity index (χ0v) is 10.8. The van der Waals surface area contributed by atoms with Crippen LogP contribution < -0.4 is 0 Å². The highest BCUT2D eigenvalue weighted by Gasteiger charge is 2.35. The molecule has 2 heterocycles. The first-order chi connectivity index (χ1) is 9.06. The lowest BCUT2D eigenvalue weighted by Crippen LogP contribution is -2.30. The van der Waals surface area contributed by atoms with Gasteiger partial charge < -0.3 is 14.4 Å². The number of hydrogen-bond acceptors (Lipinski definition) is 4. The number of oxazole rings is 1. The molecule has 0 radical (unpaired) electrons. The van der Waals surface area contributed by atoms with Crippen molar-refractivity contribution in [3.63, 3.8) is 0 Å². The van der Waals surface area contributed by atoms with Gasteiger partial charge in [0.15, 0.2) is 5.89 Å². The van der Waals surface area contributed by atoms with E-state index in [9.17, 15) is 9.59 Å². The van der Waals surface area contributed by atoms with E-state index in [0.717, 1.165) is 12.8 Å². The maximum absolute atomic E-state index is 12.3. The number of aliphatic carboxylic acids is 1. The van der Waals surface area contributed by atoms with Gasteiger partial charge in [0.05, 0.1) is 11.6 Å². The summed E-state index contributed by atoms with van der Waals surface area (Å²) in [4.78, 5) is 29.0. The van der Waals surface area contributed by atoms with E-state index < -0.39 is 11.9 Å². The number of carboxylic acids is 1. The molecule has 1 saturated heterocycles. The first kappa shape index (κ1) is 12.2. The summed E-state index contributed by atoms with van der Waals surface area (Å²) in [6, 6.07) is 0. The number of aromatic nitrogens is 1. The maximum Gasteiger partial charge on any atom is 0.308 e. The van der Waals surface area contributed by atoms with Crippen molar-refractivity contribution in [2.45, 2.75) is 32.1 Å². The third-order valence-corrected chi connectivity index (χ3v) is 3.76. The fourth-order valence-corrected chi connectivity index (χ4v) is 2.41. The number of amides is 1. The van der Waals surface area contributed by atoms with Crippen molar-refractivity contribution in [3.05, 3.63) is 17.3 Å². The molecular weight excluding hydrogens is 248 g/mol. The molecule has 1 amide bonds. The third kappa shape index (κ3) is 2.22. The number of likely N-dealkylation sites (tertiary alicyclic amines) is 1. The fraction of sp³-hybridized carbons (Fsp3) is 0.615. The molecule has 19 heavy (non-hydrogen) atoms. The van der Waals surface area contributed by atoms with E-state index in [1.165, 1.54) is 0 Å². The summed E-state index contributed by atoms with van der Waals surface area (Å²) < 4.78 is 5.56. The van der Waals surface area contributed by atoms with E-state index in [2.05, 4.69) is 4.98 Å². The van der Waals surface area contributed by atoms with Crippen molar-refractivity contribution in [2.24, 2.45) is 5.92 Å². The molecule has 1 aromatic heterocycles. The highest BCUT2D eigenvalue weighted by atomic mass is 16.4. The number of aryl methyl sites for hydroxylation is 1. The molecule has 1 N–H and O–H groups in total. The summed E-state index contributed by atoms with van der Waals surface area (Å²) in [6.07, 6.45) is 2.64. The van der Waals surface area contributed by atoms with Crippen molar-refractivity contribution in [3.8, 4) is 0 Å². The van der Waals surface area contributed by atoms with Crippen LogP contribution in [0.2, 0.25) is 0 Å². The van der Waals surface area contributed by atoms with Crippen molar-refractivity contribution < 1.29 is 19.1 Å². The Labute approximate surface area is 110 Å². The molecule has 102 valence electrons. The summed E-state index contributed by atoms with van der Waals surface area (Å²) in [5, 5.41) is 8.95. The number of carbonyl (C=O) groups excluding carboxylic acids is 1. The Kier molecular flexibility index (Phi) is 2.80. The Morgan fingerprint density at radius 2 is 2.11 bits per heavy atom. The molecule has 0 bridgehead atoms. The zero-order valence-electron chi connectivity index (χ0n) is 10.8. The van der Waals surface area contributed by atoms with Crippen LogP contribution >= 0.6 is 0 Å². The normalized spacial score (nSPS) is 22.8. The topological polar surface area (TPSA) is 83.6 Å². The summed E-state index contributed by atoms with van der Waals surface area (Å²) in [7, 11) is 0. The molecule has 3 rings (SSSR count). The first-order valence-corrected chi connectivity index (χ1v) is 6.55. The van der Waals surface area contributed by atoms with Crippen molar-refractivity contribution in [1.29, 1.82) is 0 Å². The lowest BCUT2D eigenvalue weighted by Gasteiger charge is -2.13. The van der Waals surface area contributed by atoms with Gasteiger partial charge in [-0.1, -0.05) is 0 Å². The highest BCUT2D eigenvalue weighted by Crippen LogP contribution is 2.40. The SMILES string of the molecule is Cc1nc(C2CC2)oc1C(=O)N1CCC(C(=O)O)C1. The third-order valence-electron chi connectivity index (χ3n) is 3.76. The summed E-state index contributed by atoms with van der Waals surface area (Å²) in [6.45, 7) is 2.48. The molecule has 1 saturated carbocycles. The molecule has 1 atom stereocenters. The number of rotatable bonds is 3. The lowest BCUT2D eigenvalue weighted by molar-refractivity contribution is -0.141. The van der Waals surface area contributed by atoms with Crippen molar-refractivity contribution in [1.82, 2.24) is 9.88 Å². The molecule has 6 heteroatoms. The highest BCUT2D eigenvalue weighted by molar-refractivity contribution is 5.93. The maximum atomic E-state index is 12.3. The van der Waals surface area contributed by atoms with Crippen molar-refractivity contribution in [2.75, 3.05) is 13.1 Å². The summed E-state index contributed by atoms with van der Waals surface area (Å²) >= 11 is 0. The van der Waals surface area contributed by atoms with Gasteiger partial charge in [-0.05, 0) is 26.2 Å². The van der Waals surface area contributed by atoms with Crippen LogP contribution in [0, 0.1) is 12.8 Å². The average molecular weight is 264 g/mol. The van der Waals surface area contributed by atoms with Crippen LogP contribution in [0.1, 0.15) is 47.3 Å². The van der Waals surface area contributed by atoms with Gasteiger partial charge in [-0.3, -0.25) is 9.59 Å². The zero-order chi connectivity index (χ0) is 13.6. The number of hydrogen-bond donors (Lipinski definition) is 1. The van der Waals surface area contributed by atoms with E-state index in [0.29, 0.717) is 30.5 Å². The first-order valence-electron chi connectivity index (χ1n) is 6.55. The van der Waals surface area contributed by atoms with E-state index in [-0.39, 0.29) is 18.2 Å². The molecule has 1 aromatic rings. The smallest absolute Gasteiger partial charge is 0.308 e. The van der Waals surface area contributed by atoms with Gasteiger partial charge >= 0.3 is 5.97 Å². The van der Waals surface area contributed by atoms with Crippen molar-refractivity contribution >= 4 is 11.9 Å². The van der Waals surface area contributed by atoms with Crippen LogP contribution in [-0.4, -0.2) is 40.0 Å². The van der Waals surface area contributed by atoms with Gasteiger partial charge in [-0.15, -0.1) is 0 Å². The quantitative estimate of drug-likeness (QED) is 0.892. The van der Waals surface area contributed by atoms with Gasteiger partial charge in [-0.2, -0.15) is 0 Å². The molecule has 2 aliphatic rings. The molecule has 1 unspecified atom stereocenters. The predicted molar refractivity (Wildman–Crippen MR) is 64.9 cm³/mol. The minimum atomic E-state index is -0.844. The fourth-order valence-electron chi connectivity index (χ4n) is 2.41. The molecule has 0 aromatic carbocycles. The average Bonchev–Trinajstić information content (AvgIpc) is 2.97. The summed E-state index contributed by atoms with van der Waals surface area (Å²) in [5.74, 6) is -0.257. The van der Waals surface area contributed by atoms with Gasteiger partial charge in [-0.25, -0.2) is 4.98 Å². The molecule has 2 fully saturated rings. The van der Waals surface area contributed by atoms with Gasteiger partial charge in [0.25, 0.3) is 5.91 Å². The van der Waals surface area contributed by atoms with E-state index >= 15 is 0 Å². The van der Waals surface area contributed by atoms with Gasteiger partial charge in [0, 0.05) is 19.0 Å². The Morgan fingerprint density at radius 1 is 1.37 bits per heavy atom. The number of carboxylic acid groups (broad SMARTS) is 1. The largest absolute Gasteiger partial charge is 0.481 e. The Morgan fingerprint density at radius 3 is 2.68 bits per heavy atom. The number of nitrogens with zero attached hydrogens (tertiary/aromatic N) is 2. The second-order valence-electron chi connectivity index (χ2n) is 5.32. The minimum absolute atomic E-state index is 0.236. The van der Waals surface area contributed by atoms with E-state index in [1.54, 1.807) is 11.8 Å². The Bertz CT molecular complexity index is 533. The van der Waals surface area contributed by atoms with Crippen LogP contribution in [0.25, 0.3) is 0 Å². The molecule has 6 nitrogen and oxygen atoms in total. The van der Waals surface area contributed by atoms with E-state index in [1.807, 2.05) is 0 Å². The van der Waals surface area contributed by atoms with Gasteiger partial charge in [0.1, 0.15) is 0 Å². The van der Waals surface area contributed by atoms with E-state index in [4.69, 9.17) is 9.52 Å². The predicted octanol–water partition coefficient (Wildman–Crippen LogP) is 1.41. The second-order valence-corrected chi connectivity index (χ2v) is 5.32.